The van der Waals surface area contributed by atoms with Crippen LogP contribution in [0.4, 0.5) is 5.69 Å². The molecule has 1 fully saturated rings. The summed E-state index contributed by atoms with van der Waals surface area (Å²) >= 11 is 5.66. The SMILES string of the molecule is Cc1cccc(CCC2(NC(=S)Nc3ccc(C(C)C)cc3)CCCC2)c1. The molecule has 1 saturated carbocycles. The summed E-state index contributed by atoms with van der Waals surface area (Å²) in [5.41, 5.74) is 5.30. The lowest BCUT2D eigenvalue weighted by Gasteiger charge is -2.32. The molecule has 2 N–H and O–H groups in total. The highest BCUT2D eigenvalue weighted by Crippen LogP contribution is 2.34. The highest BCUT2D eigenvalue weighted by molar-refractivity contribution is 7.80. The summed E-state index contributed by atoms with van der Waals surface area (Å²) < 4.78 is 0. The van der Waals surface area contributed by atoms with E-state index < -0.39 is 0 Å². The molecular formula is C24H32N2S. The Hall–Kier alpha value is -1.87. The summed E-state index contributed by atoms with van der Waals surface area (Å²) in [5, 5.41) is 7.82. The van der Waals surface area contributed by atoms with Gasteiger partial charge >= 0.3 is 0 Å². The van der Waals surface area contributed by atoms with Crippen molar-refractivity contribution in [3.05, 3.63) is 65.2 Å². The number of thiocarbonyl (C=S) groups is 1. The molecule has 144 valence electrons. The maximum absolute atomic E-state index is 5.66. The molecule has 0 aromatic heterocycles. The van der Waals surface area contributed by atoms with Crippen LogP contribution in [-0.4, -0.2) is 10.7 Å². The van der Waals surface area contributed by atoms with Crippen molar-refractivity contribution in [2.24, 2.45) is 0 Å². The molecule has 0 bridgehead atoms. The Morgan fingerprint density at radius 1 is 1.07 bits per heavy atom. The maximum atomic E-state index is 5.66. The molecule has 3 heteroatoms. The first kappa shape index (κ1) is 19.9. The molecule has 0 radical (unpaired) electrons. The molecule has 1 aliphatic carbocycles. The lowest BCUT2D eigenvalue weighted by Crippen LogP contribution is -2.48. The van der Waals surface area contributed by atoms with Crippen LogP contribution in [0, 0.1) is 6.92 Å². The molecule has 0 atom stereocenters. The summed E-state index contributed by atoms with van der Waals surface area (Å²) in [7, 11) is 0. The molecular weight excluding hydrogens is 348 g/mol. The number of hydrogen-bond acceptors (Lipinski definition) is 1. The Bertz CT molecular complexity index is 758. The fourth-order valence-corrected chi connectivity index (χ4v) is 4.43. The fourth-order valence-electron chi connectivity index (χ4n) is 4.10. The molecule has 0 heterocycles. The van der Waals surface area contributed by atoms with Crippen LogP contribution >= 0.6 is 12.2 Å². The van der Waals surface area contributed by atoms with Crippen molar-refractivity contribution in [3.63, 3.8) is 0 Å². The third kappa shape index (κ3) is 5.55. The van der Waals surface area contributed by atoms with Gasteiger partial charge in [-0.05, 0) is 74.0 Å². The van der Waals surface area contributed by atoms with Gasteiger partial charge in [0, 0.05) is 11.2 Å². The lowest BCUT2D eigenvalue weighted by atomic mass is 9.89. The van der Waals surface area contributed by atoms with Gasteiger partial charge in [-0.25, -0.2) is 0 Å². The van der Waals surface area contributed by atoms with Gasteiger partial charge in [0.2, 0.25) is 0 Å². The second-order valence-corrected chi connectivity index (χ2v) is 8.74. The van der Waals surface area contributed by atoms with E-state index in [0.717, 1.165) is 23.6 Å². The van der Waals surface area contributed by atoms with E-state index in [1.54, 1.807) is 0 Å². The van der Waals surface area contributed by atoms with Gasteiger partial charge in [-0.1, -0.05) is 68.7 Å². The van der Waals surface area contributed by atoms with Crippen LogP contribution in [0.1, 0.15) is 68.6 Å². The molecule has 0 aliphatic heterocycles. The Kier molecular flexibility index (Phi) is 6.54. The maximum Gasteiger partial charge on any atom is 0.171 e. The molecule has 0 unspecified atom stereocenters. The monoisotopic (exact) mass is 380 g/mol. The first-order valence-electron chi connectivity index (χ1n) is 10.2. The predicted octanol–water partition coefficient (Wildman–Crippen LogP) is 6.35. The van der Waals surface area contributed by atoms with Crippen molar-refractivity contribution in [1.29, 1.82) is 0 Å². The van der Waals surface area contributed by atoms with Gasteiger partial charge in [0.25, 0.3) is 0 Å². The van der Waals surface area contributed by atoms with Crippen molar-refractivity contribution in [2.75, 3.05) is 5.32 Å². The number of benzene rings is 2. The van der Waals surface area contributed by atoms with E-state index in [1.807, 2.05) is 0 Å². The van der Waals surface area contributed by atoms with Crippen LogP contribution in [0.15, 0.2) is 48.5 Å². The van der Waals surface area contributed by atoms with Gasteiger partial charge in [0.05, 0.1) is 0 Å². The molecule has 1 aliphatic rings. The highest BCUT2D eigenvalue weighted by Gasteiger charge is 2.34. The first-order valence-corrected chi connectivity index (χ1v) is 10.6. The first-order chi connectivity index (χ1) is 13.0. The van der Waals surface area contributed by atoms with Gasteiger partial charge in [0.1, 0.15) is 0 Å². The largest absolute Gasteiger partial charge is 0.357 e. The lowest BCUT2D eigenvalue weighted by molar-refractivity contribution is 0.362. The number of hydrogen-bond donors (Lipinski definition) is 2. The minimum Gasteiger partial charge on any atom is -0.357 e. The third-order valence-corrected chi connectivity index (χ3v) is 5.95. The molecule has 2 aromatic rings. The average Bonchev–Trinajstić information content (AvgIpc) is 3.09. The van der Waals surface area contributed by atoms with Gasteiger partial charge in [-0.15, -0.1) is 0 Å². The van der Waals surface area contributed by atoms with E-state index in [9.17, 15) is 0 Å². The average molecular weight is 381 g/mol. The van der Waals surface area contributed by atoms with Crippen LogP contribution in [0.25, 0.3) is 0 Å². The quantitative estimate of drug-likeness (QED) is 0.571. The second-order valence-electron chi connectivity index (χ2n) is 8.33. The van der Waals surface area contributed by atoms with Crippen LogP contribution in [0.3, 0.4) is 0 Å². The number of rotatable bonds is 6. The van der Waals surface area contributed by atoms with Gasteiger partial charge in [-0.3, -0.25) is 0 Å². The van der Waals surface area contributed by atoms with E-state index in [0.29, 0.717) is 5.92 Å². The van der Waals surface area contributed by atoms with Crippen LogP contribution in [0.2, 0.25) is 0 Å². The number of aryl methyl sites for hydroxylation is 2. The van der Waals surface area contributed by atoms with Crippen LogP contribution in [0.5, 0.6) is 0 Å². The summed E-state index contributed by atoms with van der Waals surface area (Å²) in [5.74, 6) is 0.549. The van der Waals surface area contributed by atoms with Crippen LogP contribution in [-0.2, 0) is 6.42 Å². The topological polar surface area (TPSA) is 24.1 Å². The smallest absolute Gasteiger partial charge is 0.171 e. The van der Waals surface area contributed by atoms with Crippen molar-refractivity contribution >= 4 is 23.0 Å². The standard InChI is InChI=1S/C24H32N2S/c1-18(2)21-9-11-22(12-10-21)25-23(27)26-24(14-4-5-15-24)16-13-20-8-6-7-19(3)17-20/h6-12,17-18H,4-5,13-16H2,1-3H3,(H2,25,26,27). The molecule has 0 amide bonds. The number of nitrogens with one attached hydrogen (secondary N) is 2. The molecule has 0 saturated heterocycles. The molecule has 0 spiro atoms. The van der Waals surface area contributed by atoms with E-state index in [1.165, 1.54) is 42.4 Å². The Morgan fingerprint density at radius 3 is 2.41 bits per heavy atom. The summed E-state index contributed by atoms with van der Waals surface area (Å²) in [4.78, 5) is 0. The zero-order chi connectivity index (χ0) is 19.3. The van der Waals surface area contributed by atoms with Crippen molar-refractivity contribution in [1.82, 2.24) is 5.32 Å². The summed E-state index contributed by atoms with van der Waals surface area (Å²) in [6, 6.07) is 17.5. The molecule has 2 aromatic carbocycles. The van der Waals surface area contributed by atoms with Gasteiger partial charge in [-0.2, -0.15) is 0 Å². The van der Waals surface area contributed by atoms with Crippen LogP contribution < -0.4 is 10.6 Å². The predicted molar refractivity (Wildman–Crippen MR) is 121 cm³/mol. The molecule has 2 nitrogen and oxygen atoms in total. The summed E-state index contributed by atoms with van der Waals surface area (Å²) in [6.45, 7) is 6.59. The summed E-state index contributed by atoms with van der Waals surface area (Å²) in [6.07, 6.45) is 7.20. The fraction of sp³-hybridized carbons (Fsp3) is 0.458. The Labute approximate surface area is 169 Å². The van der Waals surface area contributed by atoms with E-state index in [-0.39, 0.29) is 5.54 Å². The normalized spacial score (nSPS) is 15.7. The Balaban J connectivity index is 1.60. The van der Waals surface area contributed by atoms with Crippen molar-refractivity contribution < 1.29 is 0 Å². The minimum atomic E-state index is 0.131. The van der Waals surface area contributed by atoms with Gasteiger partial charge in [0.15, 0.2) is 5.11 Å². The third-order valence-electron chi connectivity index (χ3n) is 5.75. The van der Waals surface area contributed by atoms with Gasteiger partial charge < -0.3 is 10.6 Å². The molecule has 27 heavy (non-hydrogen) atoms. The zero-order valence-corrected chi connectivity index (χ0v) is 17.7. The Morgan fingerprint density at radius 2 is 1.78 bits per heavy atom. The van der Waals surface area contributed by atoms with Crippen molar-refractivity contribution in [3.8, 4) is 0 Å². The second kappa shape index (κ2) is 8.88. The van der Waals surface area contributed by atoms with E-state index >= 15 is 0 Å². The van der Waals surface area contributed by atoms with Crippen molar-refractivity contribution in [2.45, 2.75) is 70.8 Å². The van der Waals surface area contributed by atoms with E-state index in [4.69, 9.17) is 12.2 Å². The molecule has 3 rings (SSSR count). The zero-order valence-electron chi connectivity index (χ0n) is 16.8. The highest BCUT2D eigenvalue weighted by atomic mass is 32.1. The number of anilines is 1. The van der Waals surface area contributed by atoms with E-state index in [2.05, 4.69) is 79.9 Å². The minimum absolute atomic E-state index is 0.131.